The second-order valence-electron chi connectivity index (χ2n) is 4.12. The molecule has 0 fully saturated rings. The van der Waals surface area contributed by atoms with E-state index in [1.807, 2.05) is 19.9 Å². The molecule has 0 spiro atoms. The minimum absolute atomic E-state index is 0.0495. The lowest BCUT2D eigenvalue weighted by Crippen LogP contribution is -2.36. The second-order valence-corrected chi connectivity index (χ2v) is 5.72. The first-order valence-electron chi connectivity index (χ1n) is 4.92. The van der Waals surface area contributed by atoms with Gasteiger partial charge < -0.3 is 4.74 Å². The highest BCUT2D eigenvalue weighted by Crippen LogP contribution is 2.28. The number of rotatable bonds is 3. The molecule has 1 aliphatic rings. The summed E-state index contributed by atoms with van der Waals surface area (Å²) in [6, 6.07) is 0. The lowest BCUT2D eigenvalue weighted by atomic mass is 9.86. The van der Waals surface area contributed by atoms with Gasteiger partial charge in [-0.15, -0.1) is 0 Å². The first-order chi connectivity index (χ1) is 6.83. The molecule has 0 saturated heterocycles. The smallest absolute Gasteiger partial charge is 0.264 e. The van der Waals surface area contributed by atoms with Crippen molar-refractivity contribution in [1.29, 1.82) is 0 Å². The van der Waals surface area contributed by atoms with Crippen molar-refractivity contribution in [3.8, 4) is 0 Å². The zero-order chi connectivity index (χ0) is 11.6. The molecule has 0 aromatic heterocycles. The van der Waals surface area contributed by atoms with E-state index in [1.54, 1.807) is 7.11 Å². The van der Waals surface area contributed by atoms with Crippen molar-refractivity contribution < 1.29 is 17.3 Å². The average Bonchev–Trinajstić information content (AvgIpc) is 2.08. The van der Waals surface area contributed by atoms with E-state index in [0.29, 0.717) is 6.42 Å². The summed E-state index contributed by atoms with van der Waals surface area (Å²) in [7, 11) is -1.78. The number of hydrogen-bond acceptors (Lipinski definition) is 4. The van der Waals surface area contributed by atoms with Crippen LogP contribution in [0.25, 0.3) is 0 Å². The fourth-order valence-corrected chi connectivity index (χ4v) is 2.54. The summed E-state index contributed by atoms with van der Waals surface area (Å²) in [5.74, 6) is 0.0495. The molecular formula is C10H18O4S. The van der Waals surface area contributed by atoms with Crippen molar-refractivity contribution in [2.24, 2.45) is 5.92 Å². The Morgan fingerprint density at radius 2 is 2.07 bits per heavy atom. The fraction of sp³-hybridized carbons (Fsp3) is 0.800. The fourth-order valence-electron chi connectivity index (χ4n) is 1.84. The number of hydrogen-bond donors (Lipinski definition) is 0. The van der Waals surface area contributed by atoms with Gasteiger partial charge >= 0.3 is 0 Å². The Kier molecular flexibility index (Phi) is 3.92. The van der Waals surface area contributed by atoms with Crippen LogP contribution in [0.2, 0.25) is 0 Å². The highest BCUT2D eigenvalue weighted by molar-refractivity contribution is 7.86. The summed E-state index contributed by atoms with van der Waals surface area (Å²) >= 11 is 0. The normalized spacial score (nSPS) is 32.5. The van der Waals surface area contributed by atoms with E-state index in [9.17, 15) is 8.42 Å². The molecule has 88 valence electrons. The number of ether oxygens (including phenoxy) is 1. The van der Waals surface area contributed by atoms with Gasteiger partial charge in [0.15, 0.2) is 0 Å². The van der Waals surface area contributed by atoms with Crippen LogP contribution in [0.1, 0.15) is 20.3 Å². The van der Waals surface area contributed by atoms with E-state index in [4.69, 9.17) is 8.92 Å². The van der Waals surface area contributed by atoms with E-state index in [0.717, 1.165) is 11.8 Å². The summed E-state index contributed by atoms with van der Waals surface area (Å²) in [4.78, 5) is 0. The van der Waals surface area contributed by atoms with E-state index in [1.165, 1.54) is 0 Å². The Balaban J connectivity index is 2.80. The van der Waals surface area contributed by atoms with Gasteiger partial charge in [0.2, 0.25) is 0 Å². The van der Waals surface area contributed by atoms with Crippen LogP contribution in [-0.4, -0.2) is 34.0 Å². The molecule has 15 heavy (non-hydrogen) atoms. The Bertz CT molecular complexity index is 344. The van der Waals surface area contributed by atoms with Crippen LogP contribution < -0.4 is 0 Å². The van der Waals surface area contributed by atoms with Crippen molar-refractivity contribution in [3.05, 3.63) is 11.6 Å². The molecule has 0 saturated carbocycles. The van der Waals surface area contributed by atoms with Gasteiger partial charge in [-0.1, -0.05) is 18.6 Å². The highest BCUT2D eigenvalue weighted by atomic mass is 32.2. The molecule has 0 radical (unpaired) electrons. The Labute approximate surface area is 91.4 Å². The molecule has 0 amide bonds. The predicted octanol–water partition coefficient (Wildman–Crippen LogP) is 1.33. The SMILES string of the molecule is CO[C@@H]1C=C(C)C[C@@H](OS(C)(=O)=O)[C@H]1C. The first kappa shape index (κ1) is 12.7. The molecular weight excluding hydrogens is 216 g/mol. The maximum absolute atomic E-state index is 11.1. The molecule has 3 atom stereocenters. The summed E-state index contributed by atoms with van der Waals surface area (Å²) in [5, 5.41) is 0. The van der Waals surface area contributed by atoms with Gasteiger partial charge in [-0.2, -0.15) is 8.42 Å². The Hall–Kier alpha value is -0.390. The third-order valence-electron chi connectivity index (χ3n) is 2.65. The molecule has 1 aliphatic carbocycles. The average molecular weight is 234 g/mol. The van der Waals surface area contributed by atoms with Crippen LogP contribution in [-0.2, 0) is 19.0 Å². The lowest BCUT2D eigenvalue weighted by Gasteiger charge is -2.32. The van der Waals surface area contributed by atoms with Gasteiger partial charge in [0.1, 0.15) is 0 Å². The predicted molar refractivity (Wildman–Crippen MR) is 58.1 cm³/mol. The van der Waals surface area contributed by atoms with Crippen LogP contribution in [0.3, 0.4) is 0 Å². The minimum atomic E-state index is -3.39. The number of methoxy groups -OCH3 is 1. The van der Waals surface area contributed by atoms with Crippen LogP contribution in [0, 0.1) is 5.92 Å². The summed E-state index contributed by atoms with van der Waals surface area (Å²) in [6.07, 6.45) is 3.37. The van der Waals surface area contributed by atoms with Gasteiger partial charge in [0.05, 0.1) is 18.5 Å². The zero-order valence-electron chi connectivity index (χ0n) is 9.56. The van der Waals surface area contributed by atoms with Gasteiger partial charge in [-0.3, -0.25) is 4.18 Å². The molecule has 5 heteroatoms. The van der Waals surface area contributed by atoms with E-state index >= 15 is 0 Å². The van der Waals surface area contributed by atoms with E-state index in [2.05, 4.69) is 0 Å². The maximum atomic E-state index is 11.1. The van der Waals surface area contributed by atoms with Crippen molar-refractivity contribution in [2.45, 2.75) is 32.5 Å². The lowest BCUT2D eigenvalue weighted by molar-refractivity contribution is 0.0258. The zero-order valence-corrected chi connectivity index (χ0v) is 10.4. The third-order valence-corrected chi connectivity index (χ3v) is 3.24. The van der Waals surface area contributed by atoms with Crippen LogP contribution >= 0.6 is 0 Å². The maximum Gasteiger partial charge on any atom is 0.264 e. The van der Waals surface area contributed by atoms with Gasteiger partial charge in [-0.05, 0) is 13.3 Å². The molecule has 0 aromatic carbocycles. The molecule has 0 unspecified atom stereocenters. The standard InChI is InChI=1S/C10H18O4S/c1-7-5-9(13-3)8(2)10(6-7)14-15(4,11)12/h5,8-10H,6H2,1-4H3/t8-,9+,10+/m0/s1. The molecule has 0 heterocycles. The van der Waals surface area contributed by atoms with Gasteiger partial charge in [0, 0.05) is 13.0 Å². The van der Waals surface area contributed by atoms with Crippen molar-refractivity contribution in [2.75, 3.05) is 13.4 Å². The molecule has 0 aliphatic heterocycles. The summed E-state index contributed by atoms with van der Waals surface area (Å²) in [6.45, 7) is 3.89. The van der Waals surface area contributed by atoms with Gasteiger partial charge in [0.25, 0.3) is 10.1 Å². The monoisotopic (exact) mass is 234 g/mol. The molecule has 0 N–H and O–H groups in total. The molecule has 0 aromatic rings. The Morgan fingerprint density at radius 1 is 1.47 bits per heavy atom. The molecule has 1 rings (SSSR count). The molecule has 4 nitrogen and oxygen atoms in total. The first-order valence-corrected chi connectivity index (χ1v) is 6.73. The van der Waals surface area contributed by atoms with E-state index in [-0.39, 0.29) is 18.1 Å². The second kappa shape index (κ2) is 4.63. The van der Waals surface area contributed by atoms with Gasteiger partial charge in [-0.25, -0.2) is 0 Å². The quantitative estimate of drug-likeness (QED) is 0.546. The summed E-state index contributed by atoms with van der Waals surface area (Å²) < 4.78 is 32.4. The van der Waals surface area contributed by atoms with Crippen LogP contribution in [0.5, 0.6) is 0 Å². The van der Waals surface area contributed by atoms with Crippen molar-refractivity contribution >= 4 is 10.1 Å². The Morgan fingerprint density at radius 3 is 2.53 bits per heavy atom. The van der Waals surface area contributed by atoms with Crippen molar-refractivity contribution in [3.63, 3.8) is 0 Å². The summed E-state index contributed by atoms with van der Waals surface area (Å²) in [5.41, 5.74) is 1.11. The molecule has 0 bridgehead atoms. The van der Waals surface area contributed by atoms with Crippen molar-refractivity contribution in [1.82, 2.24) is 0 Å². The minimum Gasteiger partial charge on any atom is -0.377 e. The topological polar surface area (TPSA) is 52.6 Å². The third kappa shape index (κ3) is 3.59. The largest absolute Gasteiger partial charge is 0.377 e. The van der Waals surface area contributed by atoms with E-state index < -0.39 is 10.1 Å². The highest BCUT2D eigenvalue weighted by Gasteiger charge is 2.31. The van der Waals surface area contributed by atoms with Crippen LogP contribution in [0.4, 0.5) is 0 Å². The van der Waals surface area contributed by atoms with Crippen LogP contribution in [0.15, 0.2) is 11.6 Å².